The van der Waals surface area contributed by atoms with Gasteiger partial charge in [0.25, 0.3) is 0 Å². The molecule has 2 atom stereocenters. The normalized spacial score (nSPS) is 20.4. The molecule has 2 heteroatoms. The Morgan fingerprint density at radius 2 is 2.26 bits per heavy atom. The minimum absolute atomic E-state index is 0.0991. The fourth-order valence-electron chi connectivity index (χ4n) is 2.67. The van der Waals surface area contributed by atoms with E-state index in [0.29, 0.717) is 0 Å². The third kappa shape index (κ3) is 3.60. The first-order valence-corrected chi connectivity index (χ1v) is 7.26. The Kier molecular flexibility index (Phi) is 4.65. The molecule has 0 radical (unpaired) electrons. The highest BCUT2D eigenvalue weighted by molar-refractivity contribution is 5.37. The van der Waals surface area contributed by atoms with Crippen LogP contribution >= 0.6 is 0 Å². The zero-order chi connectivity index (χ0) is 13.7. The Hall–Kier alpha value is -1.28. The molecule has 1 aliphatic heterocycles. The molecule has 0 amide bonds. The van der Waals surface area contributed by atoms with Crippen molar-refractivity contribution in [2.75, 3.05) is 13.1 Å². The molecule has 0 saturated heterocycles. The van der Waals surface area contributed by atoms with Gasteiger partial charge in [0.2, 0.25) is 0 Å². The van der Waals surface area contributed by atoms with Crippen molar-refractivity contribution in [3.8, 4) is 5.75 Å². The molecule has 0 saturated carbocycles. The first-order chi connectivity index (χ1) is 9.17. The Balaban J connectivity index is 1.92. The van der Waals surface area contributed by atoms with Crippen molar-refractivity contribution in [3.63, 3.8) is 0 Å². The van der Waals surface area contributed by atoms with Gasteiger partial charge in [-0.05, 0) is 31.0 Å². The number of benzene rings is 1. The molecule has 2 unspecified atom stereocenters. The van der Waals surface area contributed by atoms with Crippen molar-refractivity contribution in [3.05, 3.63) is 42.5 Å². The molecule has 0 fully saturated rings. The standard InChI is InChI=1S/C17H25NO/c1-4-10-18-13-17(3,5-2)12-15-11-14-8-6-7-9-16(14)19-15/h5-9,15,18H,2,4,10-13H2,1,3H3. The van der Waals surface area contributed by atoms with E-state index in [1.165, 1.54) is 12.0 Å². The SMILES string of the molecule is C=CC(C)(CNCCC)CC1Cc2ccccc2O1. The highest BCUT2D eigenvalue weighted by Gasteiger charge is 2.30. The number of hydrogen-bond donors (Lipinski definition) is 1. The van der Waals surface area contributed by atoms with Gasteiger partial charge >= 0.3 is 0 Å². The quantitative estimate of drug-likeness (QED) is 0.597. The van der Waals surface area contributed by atoms with E-state index in [2.05, 4.69) is 50.0 Å². The van der Waals surface area contributed by atoms with Crippen molar-refractivity contribution >= 4 is 0 Å². The molecule has 1 aromatic carbocycles. The van der Waals surface area contributed by atoms with E-state index in [4.69, 9.17) is 4.74 Å². The molecule has 1 aromatic rings. The van der Waals surface area contributed by atoms with Gasteiger partial charge in [0, 0.05) is 18.4 Å². The van der Waals surface area contributed by atoms with E-state index in [1.54, 1.807) is 0 Å². The summed E-state index contributed by atoms with van der Waals surface area (Å²) in [4.78, 5) is 0. The van der Waals surface area contributed by atoms with Gasteiger partial charge in [-0.15, -0.1) is 6.58 Å². The summed E-state index contributed by atoms with van der Waals surface area (Å²) in [6.45, 7) is 10.5. The first-order valence-electron chi connectivity index (χ1n) is 7.26. The van der Waals surface area contributed by atoms with E-state index in [0.717, 1.165) is 31.7 Å². The van der Waals surface area contributed by atoms with E-state index in [-0.39, 0.29) is 11.5 Å². The number of nitrogens with one attached hydrogen (secondary N) is 1. The zero-order valence-corrected chi connectivity index (χ0v) is 12.1. The van der Waals surface area contributed by atoms with Crippen molar-refractivity contribution in [2.45, 2.75) is 39.2 Å². The lowest BCUT2D eigenvalue weighted by molar-refractivity contribution is 0.170. The highest BCUT2D eigenvalue weighted by atomic mass is 16.5. The lowest BCUT2D eigenvalue weighted by Crippen LogP contribution is -2.35. The average molecular weight is 259 g/mol. The second kappa shape index (κ2) is 6.25. The molecule has 1 heterocycles. The summed E-state index contributed by atoms with van der Waals surface area (Å²) >= 11 is 0. The van der Waals surface area contributed by atoms with Crippen LogP contribution in [0.1, 0.15) is 32.3 Å². The van der Waals surface area contributed by atoms with Crippen LogP contribution in [0.2, 0.25) is 0 Å². The molecule has 1 N–H and O–H groups in total. The maximum atomic E-state index is 6.04. The topological polar surface area (TPSA) is 21.3 Å². The van der Waals surface area contributed by atoms with Crippen LogP contribution in [0.3, 0.4) is 0 Å². The van der Waals surface area contributed by atoms with Crippen LogP contribution in [0.15, 0.2) is 36.9 Å². The van der Waals surface area contributed by atoms with E-state index < -0.39 is 0 Å². The van der Waals surface area contributed by atoms with Crippen molar-refractivity contribution in [1.29, 1.82) is 0 Å². The van der Waals surface area contributed by atoms with Gasteiger partial charge in [-0.3, -0.25) is 0 Å². The van der Waals surface area contributed by atoms with Crippen LogP contribution in [0, 0.1) is 5.41 Å². The van der Waals surface area contributed by atoms with Gasteiger partial charge in [-0.2, -0.15) is 0 Å². The maximum absolute atomic E-state index is 6.04. The van der Waals surface area contributed by atoms with E-state index in [9.17, 15) is 0 Å². The molecule has 0 bridgehead atoms. The molecule has 19 heavy (non-hydrogen) atoms. The van der Waals surface area contributed by atoms with Gasteiger partial charge in [0.15, 0.2) is 0 Å². The summed E-state index contributed by atoms with van der Waals surface area (Å²) in [5.74, 6) is 1.06. The van der Waals surface area contributed by atoms with Crippen LogP contribution < -0.4 is 10.1 Å². The smallest absolute Gasteiger partial charge is 0.123 e. The minimum atomic E-state index is 0.0991. The summed E-state index contributed by atoms with van der Waals surface area (Å²) in [5.41, 5.74) is 1.43. The van der Waals surface area contributed by atoms with Crippen LogP contribution in [0.4, 0.5) is 0 Å². The molecule has 0 spiro atoms. The molecule has 1 aliphatic rings. The zero-order valence-electron chi connectivity index (χ0n) is 12.1. The van der Waals surface area contributed by atoms with Crippen molar-refractivity contribution < 1.29 is 4.74 Å². The highest BCUT2D eigenvalue weighted by Crippen LogP contribution is 2.34. The summed E-state index contributed by atoms with van der Waals surface area (Å²) in [7, 11) is 0. The van der Waals surface area contributed by atoms with Crippen LogP contribution in [0.25, 0.3) is 0 Å². The van der Waals surface area contributed by atoms with Gasteiger partial charge in [0.1, 0.15) is 11.9 Å². The van der Waals surface area contributed by atoms with Crippen molar-refractivity contribution in [1.82, 2.24) is 5.32 Å². The number of rotatable bonds is 7. The van der Waals surface area contributed by atoms with Crippen LogP contribution in [-0.4, -0.2) is 19.2 Å². The third-order valence-corrected chi connectivity index (χ3v) is 3.86. The minimum Gasteiger partial charge on any atom is -0.490 e. The lowest BCUT2D eigenvalue weighted by atomic mass is 9.83. The number of para-hydroxylation sites is 1. The first kappa shape index (κ1) is 14.1. The molecular weight excluding hydrogens is 234 g/mol. The molecule has 0 aliphatic carbocycles. The lowest BCUT2D eigenvalue weighted by Gasteiger charge is -2.29. The Labute approximate surface area is 116 Å². The third-order valence-electron chi connectivity index (χ3n) is 3.86. The fourth-order valence-corrected chi connectivity index (χ4v) is 2.67. The van der Waals surface area contributed by atoms with Gasteiger partial charge < -0.3 is 10.1 Å². The van der Waals surface area contributed by atoms with Gasteiger partial charge in [0.05, 0.1) is 0 Å². The van der Waals surface area contributed by atoms with Crippen LogP contribution in [-0.2, 0) is 6.42 Å². The molecule has 0 aromatic heterocycles. The largest absolute Gasteiger partial charge is 0.490 e. The Morgan fingerprint density at radius 1 is 1.47 bits per heavy atom. The average Bonchev–Trinajstić information content (AvgIpc) is 2.81. The molecule has 2 nitrogen and oxygen atoms in total. The predicted molar refractivity (Wildman–Crippen MR) is 80.6 cm³/mol. The number of fused-ring (bicyclic) bond motifs is 1. The molecule has 2 rings (SSSR count). The van der Waals surface area contributed by atoms with Crippen molar-refractivity contribution in [2.24, 2.45) is 5.41 Å². The summed E-state index contributed by atoms with van der Waals surface area (Å²) in [6.07, 6.45) is 5.56. The summed E-state index contributed by atoms with van der Waals surface area (Å²) in [6, 6.07) is 8.35. The van der Waals surface area contributed by atoms with Crippen LogP contribution in [0.5, 0.6) is 5.75 Å². The van der Waals surface area contributed by atoms with Gasteiger partial charge in [-0.25, -0.2) is 0 Å². The maximum Gasteiger partial charge on any atom is 0.123 e. The van der Waals surface area contributed by atoms with Gasteiger partial charge in [-0.1, -0.05) is 38.1 Å². The predicted octanol–water partition coefficient (Wildman–Crippen LogP) is 3.57. The fraction of sp³-hybridized carbons (Fsp3) is 0.529. The Morgan fingerprint density at radius 3 is 2.95 bits per heavy atom. The summed E-state index contributed by atoms with van der Waals surface area (Å²) < 4.78 is 6.04. The number of hydrogen-bond acceptors (Lipinski definition) is 2. The molecular formula is C17H25NO. The second-order valence-electron chi connectivity index (χ2n) is 5.79. The molecule has 104 valence electrons. The monoisotopic (exact) mass is 259 g/mol. The number of ether oxygens (including phenoxy) is 1. The van der Waals surface area contributed by atoms with E-state index in [1.807, 2.05) is 6.07 Å². The second-order valence-corrected chi connectivity index (χ2v) is 5.79. The van der Waals surface area contributed by atoms with E-state index >= 15 is 0 Å². The summed E-state index contributed by atoms with van der Waals surface area (Å²) in [5, 5.41) is 3.49. The Bertz CT molecular complexity index is 404.